The largest absolute Gasteiger partial charge is 0.490 e. The van der Waals surface area contributed by atoms with Crippen molar-refractivity contribution < 1.29 is 47.4 Å². The third-order valence-corrected chi connectivity index (χ3v) is 7.17. The molecule has 1 saturated heterocycles. The number of rotatable bonds is 14. The summed E-state index contributed by atoms with van der Waals surface area (Å²) in [6.07, 6.45) is -2.44. The van der Waals surface area contributed by atoms with E-state index < -0.39 is 53.6 Å². The maximum absolute atomic E-state index is 13.4. The van der Waals surface area contributed by atoms with Gasteiger partial charge in [0, 0.05) is 13.1 Å². The Morgan fingerprint density at radius 2 is 1.49 bits per heavy atom. The van der Waals surface area contributed by atoms with E-state index in [1.807, 2.05) is 44.2 Å². The van der Waals surface area contributed by atoms with E-state index in [0.717, 1.165) is 5.56 Å². The van der Waals surface area contributed by atoms with Crippen molar-refractivity contribution in [3.8, 4) is 0 Å². The quantitative estimate of drug-likeness (QED) is 0.140. The number of hydrogen-bond acceptors (Lipinski definition) is 8. The number of halogens is 3. The van der Waals surface area contributed by atoms with Crippen LogP contribution in [-0.2, 0) is 30.4 Å². The number of carboxylic acids is 2. The van der Waals surface area contributed by atoms with Crippen molar-refractivity contribution in [1.29, 1.82) is 0 Å². The first-order valence-corrected chi connectivity index (χ1v) is 14.6. The molecule has 1 aliphatic heterocycles. The van der Waals surface area contributed by atoms with E-state index in [-0.39, 0.29) is 37.8 Å². The number of aliphatic carboxylic acids is 2. The summed E-state index contributed by atoms with van der Waals surface area (Å²) < 4.78 is 31.7. The summed E-state index contributed by atoms with van der Waals surface area (Å²) in [6, 6.07) is 6.87. The zero-order valence-electron chi connectivity index (χ0n) is 25.5. The number of carbonyl (C=O) groups excluding carboxylic acids is 3. The van der Waals surface area contributed by atoms with E-state index >= 15 is 0 Å². The number of amides is 3. The molecule has 45 heavy (non-hydrogen) atoms. The predicted molar refractivity (Wildman–Crippen MR) is 158 cm³/mol. The summed E-state index contributed by atoms with van der Waals surface area (Å²) in [5.41, 5.74) is 17.3. The molecule has 1 aliphatic rings. The first-order valence-electron chi connectivity index (χ1n) is 14.6. The Morgan fingerprint density at radius 3 is 1.96 bits per heavy atom. The summed E-state index contributed by atoms with van der Waals surface area (Å²) >= 11 is 0. The van der Waals surface area contributed by atoms with Gasteiger partial charge in [-0.05, 0) is 63.0 Å². The SMILES string of the molecule is CC(C)C[C@@H](NC(=O)[C@H](N)Cc1ccccc1)C(=O)N[C@H](CCCCN)C(=O)N1CCC(N)(C(=O)O)CC1.O=C(O)C(F)(F)F. The number of nitrogens with one attached hydrogen (secondary N) is 2. The van der Waals surface area contributed by atoms with Gasteiger partial charge in [0.15, 0.2) is 0 Å². The van der Waals surface area contributed by atoms with E-state index in [2.05, 4.69) is 10.6 Å². The zero-order valence-corrected chi connectivity index (χ0v) is 25.5. The van der Waals surface area contributed by atoms with Gasteiger partial charge in [-0.2, -0.15) is 13.2 Å². The van der Waals surface area contributed by atoms with E-state index in [1.165, 1.54) is 0 Å². The normalized spacial score (nSPS) is 16.4. The van der Waals surface area contributed by atoms with Crippen molar-refractivity contribution in [2.75, 3.05) is 19.6 Å². The van der Waals surface area contributed by atoms with Crippen LogP contribution in [0.5, 0.6) is 0 Å². The van der Waals surface area contributed by atoms with Gasteiger partial charge in [-0.15, -0.1) is 0 Å². The van der Waals surface area contributed by atoms with Gasteiger partial charge in [0.05, 0.1) is 6.04 Å². The second-order valence-electron chi connectivity index (χ2n) is 11.4. The second kappa shape index (κ2) is 18.3. The van der Waals surface area contributed by atoms with Crippen molar-refractivity contribution in [2.24, 2.45) is 23.1 Å². The number of alkyl halides is 3. The van der Waals surface area contributed by atoms with Crippen molar-refractivity contribution in [2.45, 2.75) is 88.6 Å². The molecule has 0 unspecified atom stereocenters. The average molecular weight is 647 g/mol. The minimum Gasteiger partial charge on any atom is -0.480 e. The smallest absolute Gasteiger partial charge is 0.480 e. The Bertz CT molecular complexity index is 1130. The minimum absolute atomic E-state index is 0.0959. The number of nitrogens with two attached hydrogens (primary N) is 3. The van der Waals surface area contributed by atoms with Crippen LogP contribution in [0.3, 0.4) is 0 Å². The van der Waals surface area contributed by atoms with Crippen molar-refractivity contribution >= 4 is 29.7 Å². The fraction of sp³-hybridized carbons (Fsp3) is 0.621. The lowest BCUT2D eigenvalue weighted by Crippen LogP contribution is -2.60. The molecule has 0 spiro atoms. The fourth-order valence-corrected chi connectivity index (χ4v) is 4.53. The van der Waals surface area contributed by atoms with Gasteiger partial charge < -0.3 is 42.9 Å². The third-order valence-electron chi connectivity index (χ3n) is 7.17. The van der Waals surface area contributed by atoms with Gasteiger partial charge in [-0.3, -0.25) is 19.2 Å². The van der Waals surface area contributed by atoms with E-state index in [9.17, 15) is 37.5 Å². The minimum atomic E-state index is -5.08. The Hall–Kier alpha value is -3.76. The number of carbonyl (C=O) groups is 5. The van der Waals surface area contributed by atoms with E-state index in [4.69, 9.17) is 27.1 Å². The highest BCUT2D eigenvalue weighted by atomic mass is 19.4. The Kier molecular flexibility index (Phi) is 15.9. The highest BCUT2D eigenvalue weighted by Crippen LogP contribution is 2.21. The van der Waals surface area contributed by atoms with Gasteiger partial charge in [0.25, 0.3) is 0 Å². The molecule has 0 radical (unpaired) electrons. The maximum atomic E-state index is 13.4. The van der Waals surface area contributed by atoms with Gasteiger partial charge in [-0.1, -0.05) is 44.2 Å². The predicted octanol–water partition coefficient (Wildman–Crippen LogP) is 0.739. The molecule has 254 valence electrons. The summed E-state index contributed by atoms with van der Waals surface area (Å²) in [4.78, 5) is 61.5. The molecule has 3 atom stereocenters. The van der Waals surface area contributed by atoms with Crippen LogP contribution in [0.15, 0.2) is 30.3 Å². The molecule has 10 N–H and O–H groups in total. The van der Waals surface area contributed by atoms with Gasteiger partial charge in [0.2, 0.25) is 17.7 Å². The Labute approximate surface area is 260 Å². The average Bonchev–Trinajstić information content (AvgIpc) is 2.96. The van der Waals surface area contributed by atoms with Crippen molar-refractivity contribution in [3.63, 3.8) is 0 Å². The third kappa shape index (κ3) is 13.8. The first-order chi connectivity index (χ1) is 20.9. The van der Waals surface area contributed by atoms with E-state index in [1.54, 1.807) is 4.90 Å². The molecule has 0 aliphatic carbocycles. The molecule has 1 fully saturated rings. The highest BCUT2D eigenvalue weighted by molar-refractivity contribution is 5.93. The lowest BCUT2D eigenvalue weighted by atomic mass is 9.88. The van der Waals surface area contributed by atoms with Crippen LogP contribution in [0.2, 0.25) is 0 Å². The van der Waals surface area contributed by atoms with Crippen LogP contribution in [-0.4, -0.2) is 94.2 Å². The lowest BCUT2D eigenvalue weighted by Gasteiger charge is -2.38. The van der Waals surface area contributed by atoms with Crippen LogP contribution in [0.25, 0.3) is 0 Å². The molecular formula is C29H45F3N6O7. The van der Waals surface area contributed by atoms with Crippen LogP contribution in [0, 0.1) is 5.92 Å². The molecule has 0 bridgehead atoms. The number of likely N-dealkylation sites (tertiary alicyclic amines) is 1. The van der Waals surface area contributed by atoms with Crippen LogP contribution >= 0.6 is 0 Å². The van der Waals surface area contributed by atoms with Gasteiger partial charge >= 0.3 is 18.1 Å². The molecule has 1 aromatic rings. The number of benzene rings is 1. The van der Waals surface area contributed by atoms with Gasteiger partial charge in [-0.25, -0.2) is 4.79 Å². The number of unbranched alkanes of at least 4 members (excludes halogenated alkanes) is 1. The number of nitrogens with zero attached hydrogens (tertiary/aromatic N) is 1. The van der Waals surface area contributed by atoms with Crippen LogP contribution in [0.4, 0.5) is 13.2 Å². The van der Waals surface area contributed by atoms with Crippen molar-refractivity contribution in [3.05, 3.63) is 35.9 Å². The Balaban J connectivity index is 0.00000129. The van der Waals surface area contributed by atoms with Gasteiger partial charge in [0.1, 0.15) is 17.6 Å². The maximum Gasteiger partial charge on any atom is 0.490 e. The molecule has 0 aromatic heterocycles. The van der Waals surface area contributed by atoms with Crippen LogP contribution < -0.4 is 27.8 Å². The summed E-state index contributed by atoms with van der Waals surface area (Å²) in [5.74, 6) is -4.94. The lowest BCUT2D eigenvalue weighted by molar-refractivity contribution is -0.192. The molecule has 0 saturated carbocycles. The molecular weight excluding hydrogens is 601 g/mol. The molecule has 13 nitrogen and oxygen atoms in total. The zero-order chi connectivity index (χ0) is 34.4. The molecule has 2 rings (SSSR count). The molecule has 3 amide bonds. The fourth-order valence-electron chi connectivity index (χ4n) is 4.53. The standard InChI is InChI=1S/C27H44N6O5.C2HF3O2/c1-18(2)16-22(32-23(34)20(29)17-19-8-4-3-5-9-19)24(35)31-21(10-6-7-13-28)25(36)33-14-11-27(30,12-15-33)26(37)38;3-2(4,5)1(6)7/h3-5,8-9,18,20-22H,6-7,10-17,28-30H2,1-2H3,(H,31,35)(H,32,34)(H,37,38);(H,6,7)/t20-,21-,22-;/m1./s1. The first kappa shape index (κ1) is 39.3. The topological polar surface area (TPSA) is 231 Å². The highest BCUT2D eigenvalue weighted by Gasteiger charge is 2.40. The summed E-state index contributed by atoms with van der Waals surface area (Å²) in [6.45, 7) is 4.71. The van der Waals surface area contributed by atoms with E-state index in [0.29, 0.717) is 38.6 Å². The molecule has 1 aromatic carbocycles. The summed E-state index contributed by atoms with van der Waals surface area (Å²) in [5, 5.41) is 22.1. The van der Waals surface area contributed by atoms with Crippen LogP contribution in [0.1, 0.15) is 57.9 Å². The number of hydrogen-bond donors (Lipinski definition) is 7. The summed E-state index contributed by atoms with van der Waals surface area (Å²) in [7, 11) is 0. The number of carboxylic acid groups (broad SMARTS) is 2. The molecule has 16 heteroatoms. The monoisotopic (exact) mass is 646 g/mol. The van der Waals surface area contributed by atoms with Crippen molar-refractivity contribution in [1.82, 2.24) is 15.5 Å². The molecule has 1 heterocycles. The second-order valence-corrected chi connectivity index (χ2v) is 11.4. The number of piperidine rings is 1. The Morgan fingerprint density at radius 1 is 0.956 bits per heavy atom.